The molecule has 114 valence electrons. The normalized spacial score (nSPS) is 10.7. The highest BCUT2D eigenvalue weighted by Gasteiger charge is 2.11. The monoisotopic (exact) mass is 292 g/mol. The molecule has 0 radical (unpaired) electrons. The van der Waals surface area contributed by atoms with E-state index in [9.17, 15) is 4.39 Å². The number of aryl methyl sites for hydroxylation is 2. The number of halogens is 1. The minimum atomic E-state index is -0.462. The Kier molecular flexibility index (Phi) is 4.72. The molecule has 0 fully saturated rings. The molecule has 2 N–H and O–H groups in total. The van der Waals surface area contributed by atoms with Crippen molar-refractivity contribution in [1.29, 1.82) is 0 Å². The maximum Gasteiger partial charge on any atom is 0.224 e. The van der Waals surface area contributed by atoms with Gasteiger partial charge in [-0.15, -0.1) is 0 Å². The van der Waals surface area contributed by atoms with Crippen LogP contribution < -0.4 is 10.6 Å². The van der Waals surface area contributed by atoms with Crippen molar-refractivity contribution in [3.8, 4) is 0 Å². The van der Waals surface area contributed by atoms with E-state index in [4.69, 9.17) is 0 Å². The Labute approximate surface area is 123 Å². The molecule has 2 aromatic heterocycles. The van der Waals surface area contributed by atoms with E-state index in [-0.39, 0.29) is 5.82 Å². The highest BCUT2D eigenvalue weighted by atomic mass is 19.1. The molecule has 21 heavy (non-hydrogen) atoms. The molecule has 2 aromatic rings. The summed E-state index contributed by atoms with van der Waals surface area (Å²) in [6, 6.07) is 0. The third kappa shape index (κ3) is 3.48. The Morgan fingerprint density at radius 3 is 2.67 bits per heavy atom. The van der Waals surface area contributed by atoms with E-state index < -0.39 is 5.82 Å². The lowest BCUT2D eigenvalue weighted by Gasteiger charge is -2.09. The average Bonchev–Trinajstić information content (AvgIpc) is 2.70. The van der Waals surface area contributed by atoms with Crippen LogP contribution in [-0.4, -0.2) is 26.3 Å². The first kappa shape index (κ1) is 15.2. The van der Waals surface area contributed by atoms with Crippen LogP contribution in [0.2, 0.25) is 0 Å². The summed E-state index contributed by atoms with van der Waals surface area (Å²) in [4.78, 5) is 8.07. The number of hydrogen-bond acceptors (Lipinski definition) is 5. The molecule has 0 unspecified atom stereocenters. The van der Waals surface area contributed by atoms with Gasteiger partial charge in [-0.3, -0.25) is 4.68 Å². The fourth-order valence-corrected chi connectivity index (χ4v) is 2.06. The summed E-state index contributed by atoms with van der Waals surface area (Å²) in [5.41, 5.74) is 3.04. The van der Waals surface area contributed by atoms with E-state index in [0.717, 1.165) is 29.9 Å². The topological polar surface area (TPSA) is 67.7 Å². The van der Waals surface area contributed by atoms with Gasteiger partial charge in [-0.1, -0.05) is 6.92 Å². The number of nitrogens with zero attached hydrogens (tertiary/aromatic N) is 4. The van der Waals surface area contributed by atoms with Gasteiger partial charge in [-0.25, -0.2) is 9.37 Å². The van der Waals surface area contributed by atoms with Gasteiger partial charge >= 0.3 is 0 Å². The SMILES string of the molecule is CCCNc1ncc(F)c(NCc2c(C)nn(C)c2C)n1. The molecule has 0 spiro atoms. The van der Waals surface area contributed by atoms with Gasteiger partial charge in [0.05, 0.1) is 11.9 Å². The van der Waals surface area contributed by atoms with Crippen LogP contribution in [0.5, 0.6) is 0 Å². The molecule has 7 heteroatoms. The van der Waals surface area contributed by atoms with Gasteiger partial charge in [0, 0.05) is 31.4 Å². The molecule has 0 aliphatic carbocycles. The number of aromatic nitrogens is 4. The van der Waals surface area contributed by atoms with Crippen LogP contribution in [0.3, 0.4) is 0 Å². The second-order valence-electron chi connectivity index (χ2n) is 4.94. The standard InChI is InChI=1S/C14H21FN6/c1-5-6-16-14-18-8-12(15)13(19-14)17-7-11-9(2)20-21(4)10(11)3/h8H,5-7H2,1-4H3,(H2,16,17,18,19). The average molecular weight is 292 g/mol. The summed E-state index contributed by atoms with van der Waals surface area (Å²) >= 11 is 0. The minimum Gasteiger partial charge on any atom is -0.363 e. The second-order valence-corrected chi connectivity index (χ2v) is 4.94. The fraction of sp³-hybridized carbons (Fsp3) is 0.500. The lowest BCUT2D eigenvalue weighted by atomic mass is 10.2. The van der Waals surface area contributed by atoms with Crippen molar-refractivity contribution in [2.75, 3.05) is 17.2 Å². The summed E-state index contributed by atoms with van der Waals surface area (Å²) in [5.74, 6) is 0.169. The van der Waals surface area contributed by atoms with Crippen molar-refractivity contribution < 1.29 is 4.39 Å². The van der Waals surface area contributed by atoms with Gasteiger partial charge < -0.3 is 10.6 Å². The van der Waals surface area contributed by atoms with E-state index in [1.807, 2.05) is 32.5 Å². The molecule has 0 saturated carbocycles. The van der Waals surface area contributed by atoms with E-state index in [1.54, 1.807) is 0 Å². The zero-order valence-electron chi connectivity index (χ0n) is 12.9. The van der Waals surface area contributed by atoms with Crippen molar-refractivity contribution in [2.45, 2.75) is 33.7 Å². The van der Waals surface area contributed by atoms with Gasteiger partial charge in [-0.05, 0) is 20.3 Å². The van der Waals surface area contributed by atoms with Gasteiger partial charge in [0.15, 0.2) is 11.6 Å². The first-order valence-electron chi connectivity index (χ1n) is 7.02. The molecular weight excluding hydrogens is 271 g/mol. The molecule has 0 saturated heterocycles. The molecule has 2 heterocycles. The Balaban J connectivity index is 2.12. The van der Waals surface area contributed by atoms with E-state index in [1.165, 1.54) is 6.20 Å². The lowest BCUT2D eigenvalue weighted by Crippen LogP contribution is -2.10. The summed E-state index contributed by atoms with van der Waals surface area (Å²) in [7, 11) is 1.89. The van der Waals surface area contributed by atoms with Gasteiger partial charge in [0.25, 0.3) is 0 Å². The zero-order valence-corrected chi connectivity index (χ0v) is 12.9. The molecule has 0 bridgehead atoms. The van der Waals surface area contributed by atoms with Crippen molar-refractivity contribution in [1.82, 2.24) is 19.7 Å². The Morgan fingerprint density at radius 1 is 1.29 bits per heavy atom. The number of rotatable bonds is 6. The molecule has 0 amide bonds. The van der Waals surface area contributed by atoms with E-state index >= 15 is 0 Å². The van der Waals surface area contributed by atoms with Crippen LogP contribution in [-0.2, 0) is 13.6 Å². The van der Waals surface area contributed by atoms with Crippen LogP contribution >= 0.6 is 0 Å². The van der Waals surface area contributed by atoms with Crippen molar-refractivity contribution in [2.24, 2.45) is 7.05 Å². The van der Waals surface area contributed by atoms with Gasteiger partial charge in [0.2, 0.25) is 5.95 Å². The third-order valence-corrected chi connectivity index (χ3v) is 3.37. The molecule has 0 aromatic carbocycles. The first-order chi connectivity index (χ1) is 10.0. The van der Waals surface area contributed by atoms with Crippen LogP contribution in [0.25, 0.3) is 0 Å². The number of anilines is 2. The quantitative estimate of drug-likeness (QED) is 0.855. The minimum absolute atomic E-state index is 0.200. The zero-order chi connectivity index (χ0) is 15.4. The summed E-state index contributed by atoms with van der Waals surface area (Å²) < 4.78 is 15.6. The molecular formula is C14H21FN6. The third-order valence-electron chi connectivity index (χ3n) is 3.37. The smallest absolute Gasteiger partial charge is 0.224 e. The predicted molar refractivity (Wildman–Crippen MR) is 80.8 cm³/mol. The maximum absolute atomic E-state index is 13.8. The lowest BCUT2D eigenvalue weighted by molar-refractivity contribution is 0.617. The summed E-state index contributed by atoms with van der Waals surface area (Å²) in [5, 5.41) is 10.4. The highest BCUT2D eigenvalue weighted by Crippen LogP contribution is 2.16. The van der Waals surface area contributed by atoms with Gasteiger partial charge in [0.1, 0.15) is 0 Å². The van der Waals surface area contributed by atoms with E-state index in [2.05, 4.69) is 25.7 Å². The summed E-state index contributed by atoms with van der Waals surface area (Å²) in [6.07, 6.45) is 2.13. The highest BCUT2D eigenvalue weighted by molar-refractivity contribution is 5.42. The van der Waals surface area contributed by atoms with Crippen LogP contribution in [0.15, 0.2) is 6.20 Å². The van der Waals surface area contributed by atoms with Crippen molar-refractivity contribution >= 4 is 11.8 Å². The maximum atomic E-state index is 13.8. The second kappa shape index (κ2) is 6.51. The fourth-order valence-electron chi connectivity index (χ4n) is 2.06. The van der Waals surface area contributed by atoms with Gasteiger partial charge in [-0.2, -0.15) is 10.1 Å². The molecule has 2 rings (SSSR count). The number of nitrogens with one attached hydrogen (secondary N) is 2. The molecule has 6 nitrogen and oxygen atoms in total. The Bertz CT molecular complexity index is 622. The van der Waals surface area contributed by atoms with E-state index in [0.29, 0.717) is 12.5 Å². The first-order valence-corrected chi connectivity index (χ1v) is 7.02. The van der Waals surface area contributed by atoms with Crippen LogP contribution in [0.1, 0.15) is 30.3 Å². The molecule has 0 atom stereocenters. The largest absolute Gasteiger partial charge is 0.363 e. The van der Waals surface area contributed by atoms with Crippen molar-refractivity contribution in [3.63, 3.8) is 0 Å². The summed E-state index contributed by atoms with van der Waals surface area (Å²) in [6.45, 7) is 7.21. The molecule has 0 aliphatic heterocycles. The number of hydrogen-bond donors (Lipinski definition) is 2. The van der Waals surface area contributed by atoms with Crippen LogP contribution in [0.4, 0.5) is 16.2 Å². The molecule has 0 aliphatic rings. The van der Waals surface area contributed by atoms with Crippen molar-refractivity contribution in [3.05, 3.63) is 29.0 Å². The Morgan fingerprint density at radius 2 is 2.05 bits per heavy atom. The predicted octanol–water partition coefficient (Wildman–Crippen LogP) is 2.40. The Hall–Kier alpha value is -2.18. The van der Waals surface area contributed by atoms with Crippen LogP contribution in [0, 0.1) is 19.7 Å².